The number of aryl methyl sites for hydroxylation is 1. The van der Waals surface area contributed by atoms with E-state index in [0.717, 1.165) is 15.6 Å². The summed E-state index contributed by atoms with van der Waals surface area (Å²) in [4.78, 5) is 12.5. The highest BCUT2D eigenvalue weighted by atomic mass is 79.9. The van der Waals surface area contributed by atoms with Gasteiger partial charge in [-0.3, -0.25) is 4.79 Å². The first kappa shape index (κ1) is 24.3. The number of nitrogens with zero attached hydrogens (tertiary/aromatic N) is 1. The molecular weight excluding hydrogens is 579 g/mol. The second-order valence-electron chi connectivity index (χ2n) is 6.82. The number of benzene rings is 3. The Labute approximate surface area is 213 Å². The van der Waals surface area contributed by atoms with Crippen LogP contribution in [0, 0.1) is 18.3 Å². The van der Waals surface area contributed by atoms with Crippen LogP contribution in [0.4, 0.5) is 5.69 Å². The maximum absolute atomic E-state index is 12.5. The molecule has 32 heavy (non-hydrogen) atoms. The van der Waals surface area contributed by atoms with Crippen LogP contribution in [0.1, 0.15) is 16.7 Å². The van der Waals surface area contributed by atoms with Gasteiger partial charge in [-0.1, -0.05) is 57.3 Å². The molecule has 0 aliphatic carbocycles. The molecule has 0 heterocycles. The normalized spacial score (nSPS) is 11.1. The molecule has 1 N–H and O–H groups in total. The number of hydrogen-bond donors (Lipinski definition) is 1. The number of nitrogens with one attached hydrogen (secondary N) is 1. The largest absolute Gasteiger partial charge is 0.486 e. The molecule has 0 aromatic heterocycles. The van der Waals surface area contributed by atoms with Crippen molar-refractivity contribution in [3.8, 4) is 11.8 Å². The van der Waals surface area contributed by atoms with E-state index in [1.54, 1.807) is 30.3 Å². The lowest BCUT2D eigenvalue weighted by Gasteiger charge is -2.12. The van der Waals surface area contributed by atoms with Crippen molar-refractivity contribution < 1.29 is 9.53 Å². The zero-order valence-electron chi connectivity index (χ0n) is 16.8. The Kier molecular flexibility index (Phi) is 8.38. The second kappa shape index (κ2) is 11.0. The van der Waals surface area contributed by atoms with Gasteiger partial charge in [0.15, 0.2) is 5.75 Å². The van der Waals surface area contributed by atoms with Crippen molar-refractivity contribution in [1.29, 1.82) is 5.26 Å². The van der Waals surface area contributed by atoms with E-state index < -0.39 is 5.91 Å². The molecule has 0 atom stereocenters. The number of anilines is 1. The summed E-state index contributed by atoms with van der Waals surface area (Å²) in [6.45, 7) is 2.20. The van der Waals surface area contributed by atoms with Crippen LogP contribution in [0.25, 0.3) is 6.08 Å². The number of carbonyl (C=O) groups is 1. The van der Waals surface area contributed by atoms with Gasteiger partial charge in [0.05, 0.1) is 9.50 Å². The number of nitriles is 1. The van der Waals surface area contributed by atoms with E-state index in [1.807, 2.05) is 37.3 Å². The number of rotatable bonds is 6. The van der Waals surface area contributed by atoms with Crippen molar-refractivity contribution in [3.05, 3.63) is 95.9 Å². The van der Waals surface area contributed by atoms with Crippen molar-refractivity contribution in [1.82, 2.24) is 0 Å². The van der Waals surface area contributed by atoms with Gasteiger partial charge in [-0.05, 0) is 82.0 Å². The topological polar surface area (TPSA) is 62.1 Å². The van der Waals surface area contributed by atoms with Crippen molar-refractivity contribution in [2.75, 3.05) is 5.32 Å². The zero-order valence-corrected chi connectivity index (χ0v) is 21.4. The van der Waals surface area contributed by atoms with Crippen LogP contribution in [0.3, 0.4) is 0 Å². The molecule has 0 aliphatic heterocycles. The van der Waals surface area contributed by atoms with Crippen molar-refractivity contribution in [2.45, 2.75) is 13.5 Å². The molecule has 3 aromatic rings. The molecule has 0 saturated heterocycles. The summed E-state index contributed by atoms with van der Waals surface area (Å²) in [5, 5.41) is 13.0. The lowest BCUT2D eigenvalue weighted by molar-refractivity contribution is -0.112. The van der Waals surface area contributed by atoms with E-state index in [0.29, 0.717) is 38.1 Å². The smallest absolute Gasteiger partial charge is 0.266 e. The lowest BCUT2D eigenvalue weighted by atomic mass is 10.1. The summed E-state index contributed by atoms with van der Waals surface area (Å²) in [6, 6.07) is 18.2. The van der Waals surface area contributed by atoms with E-state index in [9.17, 15) is 10.1 Å². The fraction of sp³-hybridized carbons (Fsp3) is 0.0833. The lowest BCUT2D eigenvalue weighted by Crippen LogP contribution is -2.13. The molecule has 162 valence electrons. The van der Waals surface area contributed by atoms with Crippen LogP contribution in [0.2, 0.25) is 10.0 Å². The third kappa shape index (κ3) is 6.36. The highest BCUT2D eigenvalue weighted by molar-refractivity contribution is 9.10. The predicted octanol–water partition coefficient (Wildman–Crippen LogP) is 7.95. The monoisotopic (exact) mass is 592 g/mol. The van der Waals surface area contributed by atoms with Crippen LogP contribution >= 0.6 is 55.1 Å². The molecule has 0 bridgehead atoms. The minimum absolute atomic E-state index is 0.0757. The second-order valence-corrected chi connectivity index (χ2v) is 9.40. The molecular formula is C24H16Br2Cl2N2O2. The average Bonchev–Trinajstić information content (AvgIpc) is 2.75. The van der Waals surface area contributed by atoms with Gasteiger partial charge in [-0.2, -0.15) is 5.26 Å². The van der Waals surface area contributed by atoms with E-state index in [-0.39, 0.29) is 5.57 Å². The summed E-state index contributed by atoms with van der Waals surface area (Å²) in [6.07, 6.45) is 1.46. The molecule has 0 radical (unpaired) electrons. The number of ether oxygens (including phenoxy) is 1. The maximum atomic E-state index is 12.5. The van der Waals surface area contributed by atoms with E-state index >= 15 is 0 Å². The first-order valence-electron chi connectivity index (χ1n) is 9.32. The third-order valence-corrected chi connectivity index (χ3v) is 6.23. The highest BCUT2D eigenvalue weighted by Crippen LogP contribution is 2.36. The molecule has 3 aromatic carbocycles. The van der Waals surface area contributed by atoms with Gasteiger partial charge in [0, 0.05) is 15.2 Å². The Hall–Kier alpha value is -2.30. The van der Waals surface area contributed by atoms with Gasteiger partial charge in [-0.15, -0.1) is 0 Å². The van der Waals surface area contributed by atoms with Crippen LogP contribution in [-0.4, -0.2) is 5.91 Å². The van der Waals surface area contributed by atoms with Gasteiger partial charge in [-0.25, -0.2) is 0 Å². The zero-order chi connectivity index (χ0) is 23.3. The molecule has 0 unspecified atom stereocenters. The molecule has 8 heteroatoms. The molecule has 4 nitrogen and oxygen atoms in total. The first-order chi connectivity index (χ1) is 15.3. The Morgan fingerprint density at radius 1 is 1.09 bits per heavy atom. The van der Waals surface area contributed by atoms with Crippen LogP contribution in [0.5, 0.6) is 5.75 Å². The molecule has 1 amide bonds. The van der Waals surface area contributed by atoms with Crippen LogP contribution in [0.15, 0.2) is 69.1 Å². The van der Waals surface area contributed by atoms with Crippen molar-refractivity contribution in [2.24, 2.45) is 0 Å². The Bertz CT molecular complexity index is 1210. The fourth-order valence-corrected chi connectivity index (χ4v) is 4.15. The number of carbonyl (C=O) groups excluding carboxylic acids is 1. The summed E-state index contributed by atoms with van der Waals surface area (Å²) in [5.41, 5.74) is 2.88. The molecule has 0 saturated carbocycles. The van der Waals surface area contributed by atoms with E-state index in [4.69, 9.17) is 27.9 Å². The third-order valence-electron chi connectivity index (χ3n) is 4.42. The van der Waals surface area contributed by atoms with Gasteiger partial charge in [0.25, 0.3) is 5.91 Å². The minimum atomic E-state index is -0.546. The minimum Gasteiger partial charge on any atom is -0.486 e. The van der Waals surface area contributed by atoms with E-state index in [1.165, 1.54) is 6.08 Å². The van der Waals surface area contributed by atoms with Crippen LogP contribution in [-0.2, 0) is 11.4 Å². The summed E-state index contributed by atoms with van der Waals surface area (Å²) in [5.74, 6) is -0.0702. The van der Waals surface area contributed by atoms with E-state index in [2.05, 4.69) is 37.2 Å². The number of hydrogen-bond acceptors (Lipinski definition) is 3. The molecule has 0 aliphatic rings. The Morgan fingerprint density at radius 2 is 1.81 bits per heavy atom. The average molecular weight is 595 g/mol. The number of halogens is 4. The quantitative estimate of drug-likeness (QED) is 0.233. The van der Waals surface area contributed by atoms with Crippen molar-refractivity contribution in [3.63, 3.8) is 0 Å². The van der Waals surface area contributed by atoms with Crippen LogP contribution < -0.4 is 10.1 Å². The highest BCUT2D eigenvalue weighted by Gasteiger charge is 2.13. The molecule has 3 rings (SSSR count). The number of amides is 1. The summed E-state index contributed by atoms with van der Waals surface area (Å²) >= 11 is 19.4. The SMILES string of the molecule is Cc1ccc(NC(=O)/C(C#N)=C\c2cc(Cl)c(OCc3ccc(Br)cc3)c(Br)c2)cc1Cl. The molecule has 0 fully saturated rings. The first-order valence-corrected chi connectivity index (χ1v) is 11.7. The summed E-state index contributed by atoms with van der Waals surface area (Å²) < 4.78 is 7.45. The maximum Gasteiger partial charge on any atom is 0.266 e. The Morgan fingerprint density at radius 3 is 2.44 bits per heavy atom. The summed E-state index contributed by atoms with van der Waals surface area (Å²) in [7, 11) is 0. The molecule has 0 spiro atoms. The van der Waals surface area contributed by atoms with Gasteiger partial charge >= 0.3 is 0 Å². The van der Waals surface area contributed by atoms with Crippen molar-refractivity contribution >= 4 is 72.7 Å². The standard InChI is InChI=1S/C24H16Br2Cl2N2O2/c1-14-2-7-19(11-21(14)27)30-24(31)17(12-29)8-16-9-20(26)23(22(28)10-16)32-13-15-3-5-18(25)6-4-15/h2-11H,13H2,1H3,(H,30,31)/b17-8-. The fourth-order valence-electron chi connectivity index (χ4n) is 2.72. The Balaban J connectivity index is 1.77. The van der Waals surface area contributed by atoms with Gasteiger partial charge in [0.1, 0.15) is 18.2 Å². The van der Waals surface area contributed by atoms with Gasteiger partial charge < -0.3 is 10.1 Å². The van der Waals surface area contributed by atoms with Gasteiger partial charge in [0.2, 0.25) is 0 Å². The predicted molar refractivity (Wildman–Crippen MR) is 136 cm³/mol.